The standard InChI is InChI=1S/C21H20O7/c1-26-16-8-7-12(9-13(16)11-22)15(10-18(23)27-2)19-20(24)14-5-3-4-6-17(14)28-21(19)25/h3-9,15,22,24H,10-11H2,1-2H3/t15-/m1/s1. The van der Waals surface area contributed by atoms with Crippen molar-refractivity contribution in [1.82, 2.24) is 0 Å². The number of aromatic hydroxyl groups is 1. The molecule has 0 aliphatic carbocycles. The van der Waals surface area contributed by atoms with Crippen molar-refractivity contribution in [2.45, 2.75) is 18.9 Å². The van der Waals surface area contributed by atoms with E-state index >= 15 is 0 Å². The van der Waals surface area contributed by atoms with Crippen LogP contribution in [0.5, 0.6) is 11.5 Å². The van der Waals surface area contributed by atoms with Gasteiger partial charge in [0.25, 0.3) is 0 Å². The Hall–Kier alpha value is -3.32. The maximum atomic E-state index is 12.7. The molecule has 3 aromatic rings. The summed E-state index contributed by atoms with van der Waals surface area (Å²) in [6, 6.07) is 11.5. The van der Waals surface area contributed by atoms with Crippen LogP contribution in [0.2, 0.25) is 0 Å². The van der Waals surface area contributed by atoms with E-state index in [-0.39, 0.29) is 29.9 Å². The molecule has 146 valence electrons. The fourth-order valence-electron chi connectivity index (χ4n) is 3.23. The first-order valence-electron chi connectivity index (χ1n) is 8.59. The molecule has 0 radical (unpaired) electrons. The summed E-state index contributed by atoms with van der Waals surface area (Å²) in [4.78, 5) is 24.7. The summed E-state index contributed by atoms with van der Waals surface area (Å²) in [7, 11) is 2.72. The molecule has 2 aromatic carbocycles. The zero-order valence-electron chi connectivity index (χ0n) is 15.5. The van der Waals surface area contributed by atoms with Gasteiger partial charge in [0.1, 0.15) is 17.1 Å². The van der Waals surface area contributed by atoms with Gasteiger partial charge in [0.05, 0.1) is 38.2 Å². The molecular formula is C21H20O7. The second kappa shape index (κ2) is 8.14. The number of esters is 1. The number of aliphatic hydroxyl groups is 1. The minimum absolute atomic E-state index is 0.0434. The van der Waals surface area contributed by atoms with Crippen LogP contribution in [0.4, 0.5) is 0 Å². The third-order valence-electron chi connectivity index (χ3n) is 4.64. The second-order valence-electron chi connectivity index (χ2n) is 6.21. The Morgan fingerprint density at radius 2 is 1.93 bits per heavy atom. The first-order chi connectivity index (χ1) is 13.5. The molecule has 3 rings (SSSR count). The summed E-state index contributed by atoms with van der Waals surface area (Å²) in [6.07, 6.45) is -0.190. The summed E-state index contributed by atoms with van der Waals surface area (Å²) in [5.41, 5.74) is 0.480. The van der Waals surface area contributed by atoms with E-state index in [9.17, 15) is 19.8 Å². The summed E-state index contributed by atoms with van der Waals surface area (Å²) in [6.45, 7) is -0.291. The largest absolute Gasteiger partial charge is 0.507 e. The van der Waals surface area contributed by atoms with Gasteiger partial charge in [-0.1, -0.05) is 18.2 Å². The zero-order chi connectivity index (χ0) is 20.3. The quantitative estimate of drug-likeness (QED) is 0.497. The summed E-state index contributed by atoms with van der Waals surface area (Å²) < 4.78 is 15.3. The molecule has 0 spiro atoms. The average molecular weight is 384 g/mol. The summed E-state index contributed by atoms with van der Waals surface area (Å²) in [5.74, 6) is -1.16. The predicted molar refractivity (Wildman–Crippen MR) is 102 cm³/mol. The first-order valence-corrected chi connectivity index (χ1v) is 8.59. The van der Waals surface area contributed by atoms with Crippen molar-refractivity contribution in [2.75, 3.05) is 14.2 Å². The lowest BCUT2D eigenvalue weighted by atomic mass is 9.87. The highest BCUT2D eigenvalue weighted by Crippen LogP contribution is 2.37. The number of fused-ring (bicyclic) bond motifs is 1. The molecule has 0 fully saturated rings. The maximum Gasteiger partial charge on any atom is 0.343 e. The van der Waals surface area contributed by atoms with Crippen LogP contribution in [0.15, 0.2) is 51.7 Å². The minimum atomic E-state index is -0.829. The van der Waals surface area contributed by atoms with Crippen molar-refractivity contribution in [1.29, 1.82) is 0 Å². The van der Waals surface area contributed by atoms with E-state index in [1.54, 1.807) is 42.5 Å². The molecule has 1 heterocycles. The molecule has 0 amide bonds. The van der Waals surface area contributed by atoms with Crippen molar-refractivity contribution in [3.8, 4) is 11.5 Å². The van der Waals surface area contributed by atoms with Gasteiger partial charge in [-0.15, -0.1) is 0 Å². The van der Waals surface area contributed by atoms with E-state index in [0.717, 1.165) is 0 Å². The fourth-order valence-corrected chi connectivity index (χ4v) is 3.23. The van der Waals surface area contributed by atoms with Gasteiger partial charge >= 0.3 is 11.6 Å². The van der Waals surface area contributed by atoms with Crippen LogP contribution in [0.25, 0.3) is 11.0 Å². The molecule has 0 saturated carbocycles. The van der Waals surface area contributed by atoms with Crippen molar-refractivity contribution in [3.63, 3.8) is 0 Å². The Morgan fingerprint density at radius 1 is 1.18 bits per heavy atom. The summed E-state index contributed by atoms with van der Waals surface area (Å²) in [5, 5.41) is 20.8. The van der Waals surface area contributed by atoms with Crippen LogP contribution < -0.4 is 10.4 Å². The lowest BCUT2D eigenvalue weighted by Crippen LogP contribution is -2.18. The molecule has 28 heavy (non-hydrogen) atoms. The third-order valence-corrected chi connectivity index (χ3v) is 4.64. The normalized spacial score (nSPS) is 12.0. The molecule has 1 atom stereocenters. The number of ether oxygens (including phenoxy) is 2. The van der Waals surface area contributed by atoms with Gasteiger partial charge in [-0.05, 0) is 29.8 Å². The summed E-state index contributed by atoms with van der Waals surface area (Å²) >= 11 is 0. The van der Waals surface area contributed by atoms with Crippen LogP contribution >= 0.6 is 0 Å². The van der Waals surface area contributed by atoms with E-state index in [1.807, 2.05) is 0 Å². The van der Waals surface area contributed by atoms with Gasteiger partial charge in [0, 0.05) is 11.5 Å². The highest BCUT2D eigenvalue weighted by Gasteiger charge is 2.28. The monoisotopic (exact) mass is 384 g/mol. The topological polar surface area (TPSA) is 106 Å². The number of aliphatic hydroxyl groups excluding tert-OH is 1. The number of rotatable bonds is 6. The van der Waals surface area contributed by atoms with Gasteiger partial charge in [0.15, 0.2) is 0 Å². The Balaban J connectivity index is 2.23. The Bertz CT molecular complexity index is 1070. The van der Waals surface area contributed by atoms with Gasteiger partial charge < -0.3 is 24.1 Å². The van der Waals surface area contributed by atoms with E-state index in [2.05, 4.69) is 0 Å². The minimum Gasteiger partial charge on any atom is -0.507 e. The molecule has 0 saturated heterocycles. The molecule has 0 aliphatic rings. The molecule has 0 aliphatic heterocycles. The van der Waals surface area contributed by atoms with Crippen molar-refractivity contribution < 1.29 is 28.9 Å². The molecular weight excluding hydrogens is 364 g/mol. The highest BCUT2D eigenvalue weighted by atomic mass is 16.5. The van der Waals surface area contributed by atoms with Gasteiger partial charge in [-0.2, -0.15) is 0 Å². The van der Waals surface area contributed by atoms with Crippen molar-refractivity contribution in [3.05, 3.63) is 69.6 Å². The SMILES string of the molecule is COC(=O)C[C@H](c1ccc(OC)c(CO)c1)c1c(O)c2ccccc2oc1=O. The molecule has 0 unspecified atom stereocenters. The third kappa shape index (κ3) is 3.57. The smallest absolute Gasteiger partial charge is 0.343 e. The fraction of sp³-hybridized carbons (Fsp3) is 0.238. The number of carbonyl (C=O) groups excluding carboxylic acids is 1. The maximum absolute atomic E-state index is 12.7. The number of para-hydroxylation sites is 1. The lowest BCUT2D eigenvalue weighted by molar-refractivity contribution is -0.140. The molecule has 7 nitrogen and oxygen atoms in total. The molecule has 2 N–H and O–H groups in total. The number of hydrogen-bond donors (Lipinski definition) is 2. The Morgan fingerprint density at radius 3 is 2.61 bits per heavy atom. The number of benzene rings is 2. The molecule has 1 aromatic heterocycles. The van der Waals surface area contributed by atoms with Crippen molar-refractivity contribution in [2.24, 2.45) is 0 Å². The average Bonchev–Trinajstić information content (AvgIpc) is 2.72. The highest BCUT2D eigenvalue weighted by molar-refractivity contribution is 5.84. The zero-order valence-corrected chi connectivity index (χ0v) is 15.5. The van der Waals surface area contributed by atoms with Gasteiger partial charge in [-0.25, -0.2) is 4.79 Å². The van der Waals surface area contributed by atoms with Crippen molar-refractivity contribution >= 4 is 16.9 Å². The number of carbonyl (C=O) groups is 1. The number of methoxy groups -OCH3 is 2. The van der Waals surface area contributed by atoms with Gasteiger partial charge in [0.2, 0.25) is 0 Å². The second-order valence-corrected chi connectivity index (χ2v) is 6.21. The molecule has 0 bridgehead atoms. The van der Waals surface area contributed by atoms with Gasteiger partial charge in [-0.3, -0.25) is 4.79 Å². The lowest BCUT2D eigenvalue weighted by Gasteiger charge is -2.19. The predicted octanol–water partition coefficient (Wildman–Crippen LogP) is 2.69. The van der Waals surface area contributed by atoms with Crippen LogP contribution in [-0.4, -0.2) is 30.4 Å². The van der Waals surface area contributed by atoms with E-state index in [4.69, 9.17) is 13.9 Å². The van der Waals surface area contributed by atoms with Crippen LogP contribution in [0, 0.1) is 0 Å². The Kier molecular flexibility index (Phi) is 5.65. The van der Waals surface area contributed by atoms with Crippen LogP contribution in [0.3, 0.4) is 0 Å². The van der Waals surface area contributed by atoms with E-state index in [1.165, 1.54) is 14.2 Å². The first kappa shape index (κ1) is 19.4. The van der Waals surface area contributed by atoms with E-state index < -0.39 is 17.5 Å². The van der Waals surface area contributed by atoms with E-state index in [0.29, 0.717) is 22.3 Å². The van der Waals surface area contributed by atoms with Crippen LogP contribution in [0.1, 0.15) is 29.0 Å². The Labute approximate surface area is 160 Å². The number of hydrogen-bond acceptors (Lipinski definition) is 7. The molecule has 7 heteroatoms. The van der Waals surface area contributed by atoms with Crippen LogP contribution in [-0.2, 0) is 16.1 Å².